The van der Waals surface area contributed by atoms with Crippen LogP contribution in [0.15, 0.2) is 72.3 Å². The van der Waals surface area contributed by atoms with Gasteiger partial charge in [-0.1, -0.05) is 83.2 Å². The summed E-state index contributed by atoms with van der Waals surface area (Å²) in [6, 6.07) is 14.0. The number of ether oxygens (including phenoxy) is 1. The number of hydrogen-bond donors (Lipinski definition) is 2. The van der Waals surface area contributed by atoms with Crippen molar-refractivity contribution in [2.45, 2.75) is 98.5 Å². The maximum absolute atomic E-state index is 11.9. The van der Waals surface area contributed by atoms with Crippen molar-refractivity contribution >= 4 is 17.3 Å². The van der Waals surface area contributed by atoms with Crippen molar-refractivity contribution in [2.75, 3.05) is 7.11 Å². The Bertz CT molecular complexity index is 1640. The van der Waals surface area contributed by atoms with Crippen LogP contribution in [-0.4, -0.2) is 38.7 Å². The topological polar surface area (TPSA) is 101 Å². The van der Waals surface area contributed by atoms with Gasteiger partial charge in [0.2, 0.25) is 0 Å². The number of methoxy groups -OCH3 is 1. The van der Waals surface area contributed by atoms with Crippen LogP contribution in [-0.2, 0) is 9.53 Å². The molecule has 2 N–H and O–H groups in total. The molecule has 1 saturated carbocycles. The number of aliphatic hydroxyl groups excluding tert-OH is 1. The van der Waals surface area contributed by atoms with Gasteiger partial charge in [0.05, 0.1) is 41.9 Å². The van der Waals surface area contributed by atoms with E-state index in [0.29, 0.717) is 17.5 Å². The number of esters is 1. The van der Waals surface area contributed by atoms with Crippen LogP contribution in [0.5, 0.6) is 0 Å². The molecule has 1 aromatic carbocycles. The molecule has 1 unspecified atom stereocenters. The number of allylic oxidation sites excluding steroid dienone is 6. The number of nitrogens with zero attached hydrogens (tertiary/aromatic N) is 3. The molecule has 0 spiro atoms. The molecule has 7 heteroatoms. The Labute approximate surface area is 281 Å². The van der Waals surface area contributed by atoms with Gasteiger partial charge in [-0.25, -0.2) is 4.68 Å². The molecule has 0 saturated heterocycles. The summed E-state index contributed by atoms with van der Waals surface area (Å²) >= 11 is 0. The fraction of sp³-hybridized carbons (Fsp3) is 0.450. The first-order chi connectivity index (χ1) is 22.5. The Morgan fingerprint density at radius 3 is 2.32 bits per heavy atom. The zero-order valence-electron chi connectivity index (χ0n) is 29.4. The minimum absolute atomic E-state index is 0.0151. The fourth-order valence-corrected chi connectivity index (χ4v) is 6.65. The molecule has 2 aromatic heterocycles. The minimum Gasteiger partial charge on any atom is -0.469 e. The highest BCUT2D eigenvalue weighted by molar-refractivity contribution is 6.19. The number of pyridine rings is 1. The van der Waals surface area contributed by atoms with E-state index in [-0.39, 0.29) is 23.9 Å². The van der Waals surface area contributed by atoms with Crippen molar-refractivity contribution in [3.63, 3.8) is 0 Å². The predicted octanol–water partition coefficient (Wildman–Crippen LogP) is 9.14. The van der Waals surface area contributed by atoms with E-state index in [1.807, 2.05) is 54.1 Å². The van der Waals surface area contributed by atoms with E-state index in [2.05, 4.69) is 65.8 Å². The lowest BCUT2D eigenvalue weighted by molar-refractivity contribution is -0.146. The van der Waals surface area contributed by atoms with E-state index in [9.17, 15) is 9.90 Å². The molecule has 3 aromatic rings. The lowest BCUT2D eigenvalue weighted by atomic mass is 9.80. The molecule has 2 aliphatic rings. The predicted molar refractivity (Wildman–Crippen MR) is 191 cm³/mol. The number of nitrogens with one attached hydrogen (secondary N) is 1. The first-order valence-electron chi connectivity index (χ1n) is 17.0. The highest BCUT2D eigenvalue weighted by Crippen LogP contribution is 2.38. The van der Waals surface area contributed by atoms with Crippen molar-refractivity contribution in [1.29, 1.82) is 5.41 Å². The lowest BCUT2D eigenvalue weighted by Crippen LogP contribution is -2.22. The van der Waals surface area contributed by atoms with Gasteiger partial charge in [-0.15, -0.1) is 0 Å². The molecule has 1 atom stereocenters. The van der Waals surface area contributed by atoms with Crippen LogP contribution in [0.1, 0.15) is 119 Å². The average Bonchev–Trinajstić information content (AvgIpc) is 3.42. The second kappa shape index (κ2) is 16.1. The molecule has 47 heavy (non-hydrogen) atoms. The molecule has 0 aliphatic heterocycles. The first-order valence-corrected chi connectivity index (χ1v) is 17.0. The number of hydrogen-bond acceptors (Lipinski definition) is 6. The second-order valence-electron chi connectivity index (χ2n) is 13.3. The van der Waals surface area contributed by atoms with E-state index in [4.69, 9.17) is 20.2 Å². The molecule has 0 radical (unpaired) electrons. The Morgan fingerprint density at radius 2 is 1.74 bits per heavy atom. The van der Waals surface area contributed by atoms with E-state index >= 15 is 0 Å². The van der Waals surface area contributed by atoms with Crippen LogP contribution < -0.4 is 0 Å². The number of rotatable bonds is 8. The number of benzene rings is 1. The Balaban J connectivity index is 0.000000427. The van der Waals surface area contributed by atoms with Crippen LogP contribution in [0.25, 0.3) is 11.3 Å². The van der Waals surface area contributed by atoms with Gasteiger partial charge < -0.3 is 15.3 Å². The first kappa shape index (κ1) is 35.7. The Morgan fingerprint density at radius 1 is 1.06 bits per heavy atom. The molecule has 2 heterocycles. The van der Waals surface area contributed by atoms with Gasteiger partial charge >= 0.3 is 5.97 Å². The summed E-state index contributed by atoms with van der Waals surface area (Å²) in [6.07, 6.45) is 12.1. The van der Waals surface area contributed by atoms with Gasteiger partial charge in [-0.2, -0.15) is 5.10 Å². The summed E-state index contributed by atoms with van der Waals surface area (Å²) in [4.78, 5) is 16.9. The van der Waals surface area contributed by atoms with Gasteiger partial charge in [0.15, 0.2) is 0 Å². The molecule has 5 rings (SSSR count). The normalized spacial score (nSPS) is 19.4. The zero-order chi connectivity index (χ0) is 34.2. The highest BCUT2D eigenvalue weighted by atomic mass is 16.5. The molecular formula is C40H52N4O3. The smallest absolute Gasteiger partial charge is 0.308 e. The third kappa shape index (κ3) is 8.44. The lowest BCUT2D eigenvalue weighted by Gasteiger charge is -2.27. The number of aliphatic hydroxyl groups is 1. The quantitative estimate of drug-likeness (QED) is 0.240. The molecule has 250 valence electrons. The van der Waals surface area contributed by atoms with Crippen LogP contribution in [0.2, 0.25) is 0 Å². The van der Waals surface area contributed by atoms with Crippen molar-refractivity contribution in [2.24, 2.45) is 11.8 Å². The summed E-state index contributed by atoms with van der Waals surface area (Å²) < 4.78 is 6.97. The van der Waals surface area contributed by atoms with Crippen LogP contribution >= 0.6 is 0 Å². The van der Waals surface area contributed by atoms with Crippen LogP contribution in [0.4, 0.5) is 0 Å². The second-order valence-corrected chi connectivity index (χ2v) is 13.3. The maximum atomic E-state index is 11.9. The van der Waals surface area contributed by atoms with E-state index in [1.54, 1.807) is 0 Å². The van der Waals surface area contributed by atoms with E-state index in [1.165, 1.54) is 12.7 Å². The molecular weight excluding hydrogens is 584 g/mol. The van der Waals surface area contributed by atoms with Gasteiger partial charge in [0.1, 0.15) is 0 Å². The Kier molecular flexibility index (Phi) is 12.3. The molecule has 1 fully saturated rings. The van der Waals surface area contributed by atoms with Gasteiger partial charge in [-0.05, 0) is 81.6 Å². The maximum Gasteiger partial charge on any atom is 0.308 e. The molecule has 7 nitrogen and oxygen atoms in total. The SMILES string of the molecule is CCC(O)c1ccccc1.COC(=O)C1CCC(c2ccc(-n3nc(C4=CC=CC(=N)/C4=C\C(C)C)c(C(C)C)c3C)c(C)n2)CC1. The largest absolute Gasteiger partial charge is 0.469 e. The minimum atomic E-state index is -0.291. The highest BCUT2D eigenvalue weighted by Gasteiger charge is 2.29. The summed E-state index contributed by atoms with van der Waals surface area (Å²) in [5, 5.41) is 23.0. The number of aryl methyl sites for hydroxylation is 1. The van der Waals surface area contributed by atoms with Gasteiger partial charge in [0.25, 0.3) is 0 Å². The van der Waals surface area contributed by atoms with E-state index < -0.39 is 0 Å². The number of carbonyl (C=O) groups excluding carboxylic acids is 1. The van der Waals surface area contributed by atoms with Gasteiger partial charge in [0, 0.05) is 34.0 Å². The van der Waals surface area contributed by atoms with Gasteiger partial charge in [-0.3, -0.25) is 9.78 Å². The van der Waals surface area contributed by atoms with Crippen molar-refractivity contribution in [3.8, 4) is 5.69 Å². The zero-order valence-corrected chi connectivity index (χ0v) is 29.4. The van der Waals surface area contributed by atoms with Crippen molar-refractivity contribution in [3.05, 3.63) is 106 Å². The summed E-state index contributed by atoms with van der Waals surface area (Å²) in [5.41, 5.74) is 9.75. The molecule has 0 amide bonds. The summed E-state index contributed by atoms with van der Waals surface area (Å²) in [6.45, 7) is 14.8. The van der Waals surface area contributed by atoms with Crippen molar-refractivity contribution < 1.29 is 14.6 Å². The number of aromatic nitrogens is 3. The Hall–Kier alpha value is -4.10. The van der Waals surface area contributed by atoms with Crippen LogP contribution in [0.3, 0.4) is 0 Å². The van der Waals surface area contributed by atoms with Crippen molar-refractivity contribution in [1.82, 2.24) is 14.8 Å². The van der Waals surface area contributed by atoms with Crippen LogP contribution in [0, 0.1) is 31.1 Å². The standard InChI is InChI=1S/C31H40N4O2.C9H12O/c1-18(2)17-25-24(9-8-10-26(25)32)30-29(19(3)4)21(6)35(34-30)28-16-15-27(33-20(28)5)22-11-13-23(14-12-22)31(36)37-7;1-2-9(10)8-6-4-3-5-7-8/h8-10,15-19,22-23,32H,11-14H2,1-7H3;3-7,9-10H,2H2,1H3/b25-17-,32-26?;. The molecule has 2 aliphatic carbocycles. The van der Waals surface area contributed by atoms with E-state index in [0.717, 1.165) is 77.3 Å². The average molecular weight is 637 g/mol. The third-order valence-corrected chi connectivity index (χ3v) is 9.16. The molecule has 0 bridgehead atoms. The fourth-order valence-electron chi connectivity index (χ4n) is 6.65. The summed E-state index contributed by atoms with van der Waals surface area (Å²) in [5.74, 6) is 0.901. The third-order valence-electron chi connectivity index (χ3n) is 9.16. The number of carbonyl (C=O) groups is 1. The monoisotopic (exact) mass is 636 g/mol. The summed E-state index contributed by atoms with van der Waals surface area (Å²) in [7, 11) is 1.47.